The Bertz CT molecular complexity index is 698. The number of carbonyl (C=O) groups is 1. The topological polar surface area (TPSA) is 56.7 Å². The molecule has 1 aliphatic heterocycles. The average Bonchev–Trinajstić information content (AvgIpc) is 3.49. The molecule has 1 heterocycles. The normalized spacial score (nSPS) is 18.2. The predicted molar refractivity (Wildman–Crippen MR) is 110 cm³/mol. The average molecular weight is 354 g/mol. The molecule has 1 saturated heterocycles. The van der Waals surface area contributed by atoms with Crippen molar-refractivity contribution in [3.8, 4) is 0 Å². The summed E-state index contributed by atoms with van der Waals surface area (Å²) >= 11 is 0. The van der Waals surface area contributed by atoms with Gasteiger partial charge in [-0.15, -0.1) is 0 Å². The van der Waals surface area contributed by atoms with Gasteiger partial charge in [0.15, 0.2) is 0 Å². The predicted octanol–water partition coefficient (Wildman–Crippen LogP) is 4.16. The summed E-state index contributed by atoms with van der Waals surface area (Å²) in [5.74, 6) is 0.721. The van der Waals surface area contributed by atoms with E-state index in [9.17, 15) is 4.79 Å². The number of nitrogens with zero attached hydrogens (tertiary/aromatic N) is 2. The van der Waals surface area contributed by atoms with Gasteiger partial charge in [0.25, 0.3) is 0 Å². The molecule has 0 unspecified atom stereocenters. The molecule has 26 heavy (non-hydrogen) atoms. The second-order valence-electron chi connectivity index (χ2n) is 7.22. The Morgan fingerprint density at radius 3 is 2.50 bits per heavy atom. The number of benzene rings is 1. The molecule has 2 N–H and O–H groups in total. The summed E-state index contributed by atoms with van der Waals surface area (Å²) in [6, 6.07) is 4.26. The molecule has 1 amide bonds. The zero-order valence-corrected chi connectivity index (χ0v) is 16.0. The van der Waals surface area contributed by atoms with Crippen LogP contribution in [0.5, 0.6) is 0 Å². The molecule has 0 bridgehead atoms. The first-order chi connectivity index (χ1) is 12.6. The summed E-state index contributed by atoms with van der Waals surface area (Å²) in [6.07, 6.45) is 8.66. The summed E-state index contributed by atoms with van der Waals surface area (Å²) in [6.45, 7) is 8.12. The van der Waals surface area contributed by atoms with Crippen molar-refractivity contribution in [3.05, 3.63) is 30.4 Å². The molecule has 5 nitrogen and oxygen atoms in total. The minimum absolute atomic E-state index is 0.0518. The van der Waals surface area contributed by atoms with Gasteiger partial charge >= 0.3 is 0 Å². The summed E-state index contributed by atoms with van der Waals surface area (Å²) in [5, 5.41) is 6.14. The first-order valence-electron chi connectivity index (χ1n) is 9.72. The fourth-order valence-corrected chi connectivity index (χ4v) is 3.51. The van der Waals surface area contributed by atoms with Gasteiger partial charge in [0, 0.05) is 37.3 Å². The molecule has 5 heteroatoms. The number of rotatable bonds is 5. The van der Waals surface area contributed by atoms with Crippen molar-refractivity contribution in [1.29, 1.82) is 0 Å². The largest absolute Gasteiger partial charge is 0.386 e. The minimum Gasteiger partial charge on any atom is -0.386 e. The van der Waals surface area contributed by atoms with E-state index in [0.717, 1.165) is 42.9 Å². The van der Waals surface area contributed by atoms with E-state index in [2.05, 4.69) is 41.2 Å². The standard InChI is InChI=1S/C21H30N4O/c1-4-19(24-21(26)16-9-10-16)23-20-15(2)18(12-11-17(20)22-3)25-13-7-5-6-8-14-25/h4,11-12,16,22H,1,5-10,13-14H2,2-3H3,(H,23,24,26). The zero-order chi connectivity index (χ0) is 18.5. The van der Waals surface area contributed by atoms with Crippen LogP contribution in [0.4, 0.5) is 17.1 Å². The van der Waals surface area contributed by atoms with E-state index in [1.165, 1.54) is 31.4 Å². The van der Waals surface area contributed by atoms with Gasteiger partial charge in [-0.05, 0) is 50.8 Å². The van der Waals surface area contributed by atoms with Crippen molar-refractivity contribution < 1.29 is 4.79 Å². The van der Waals surface area contributed by atoms with Crippen molar-refractivity contribution in [1.82, 2.24) is 5.32 Å². The number of amidine groups is 1. The second kappa shape index (κ2) is 8.39. The Morgan fingerprint density at radius 2 is 1.92 bits per heavy atom. The summed E-state index contributed by atoms with van der Waals surface area (Å²) in [4.78, 5) is 19.3. The highest BCUT2D eigenvalue weighted by molar-refractivity contribution is 6.06. The number of aliphatic imine (C=N–C) groups is 1. The first-order valence-corrected chi connectivity index (χ1v) is 9.72. The quantitative estimate of drug-likeness (QED) is 0.617. The van der Waals surface area contributed by atoms with Crippen LogP contribution in [0.15, 0.2) is 29.8 Å². The van der Waals surface area contributed by atoms with E-state index in [1.807, 2.05) is 7.05 Å². The van der Waals surface area contributed by atoms with Crippen molar-refractivity contribution >= 4 is 28.8 Å². The number of carbonyl (C=O) groups excluding carboxylic acids is 1. The number of nitrogens with one attached hydrogen (secondary N) is 2. The van der Waals surface area contributed by atoms with Crippen LogP contribution in [0.25, 0.3) is 0 Å². The fourth-order valence-electron chi connectivity index (χ4n) is 3.51. The van der Waals surface area contributed by atoms with E-state index >= 15 is 0 Å². The first kappa shape index (κ1) is 18.5. The van der Waals surface area contributed by atoms with Crippen molar-refractivity contribution in [2.24, 2.45) is 10.9 Å². The smallest absolute Gasteiger partial charge is 0.228 e. The molecule has 1 saturated carbocycles. The van der Waals surface area contributed by atoms with Gasteiger partial charge < -0.3 is 15.5 Å². The zero-order valence-electron chi connectivity index (χ0n) is 16.0. The van der Waals surface area contributed by atoms with Crippen LogP contribution >= 0.6 is 0 Å². The summed E-state index contributed by atoms with van der Waals surface area (Å²) in [7, 11) is 1.90. The van der Waals surface area contributed by atoms with Gasteiger partial charge in [0.05, 0.1) is 11.4 Å². The van der Waals surface area contributed by atoms with Crippen LogP contribution in [-0.2, 0) is 4.79 Å². The molecule has 1 aromatic carbocycles. The van der Waals surface area contributed by atoms with Gasteiger partial charge in [-0.2, -0.15) is 0 Å². The number of amides is 1. The van der Waals surface area contributed by atoms with Gasteiger partial charge in [0.1, 0.15) is 5.84 Å². The lowest BCUT2D eigenvalue weighted by Gasteiger charge is -2.26. The van der Waals surface area contributed by atoms with Crippen LogP contribution in [0.3, 0.4) is 0 Å². The third kappa shape index (κ3) is 4.26. The molecule has 0 radical (unpaired) electrons. The van der Waals surface area contributed by atoms with Crippen molar-refractivity contribution in [3.63, 3.8) is 0 Å². The monoisotopic (exact) mass is 354 g/mol. The Hall–Kier alpha value is -2.30. The van der Waals surface area contributed by atoms with E-state index in [4.69, 9.17) is 4.99 Å². The Kier molecular flexibility index (Phi) is 5.96. The molecule has 2 aliphatic rings. The van der Waals surface area contributed by atoms with Crippen molar-refractivity contribution in [2.45, 2.75) is 45.4 Å². The maximum absolute atomic E-state index is 12.1. The van der Waals surface area contributed by atoms with E-state index in [0.29, 0.717) is 5.84 Å². The maximum atomic E-state index is 12.1. The van der Waals surface area contributed by atoms with Crippen LogP contribution in [0.2, 0.25) is 0 Å². The molecular weight excluding hydrogens is 324 g/mol. The highest BCUT2D eigenvalue weighted by atomic mass is 16.2. The van der Waals surface area contributed by atoms with Crippen LogP contribution in [-0.4, -0.2) is 31.9 Å². The van der Waals surface area contributed by atoms with Gasteiger partial charge in [-0.3, -0.25) is 4.79 Å². The van der Waals surface area contributed by atoms with E-state index in [1.54, 1.807) is 6.08 Å². The SMILES string of the molecule is C=C/C(=N\c1c(NC)ccc(N2CCCCCC2)c1C)NC(=O)C1CC1. The van der Waals surface area contributed by atoms with Crippen LogP contribution in [0, 0.1) is 12.8 Å². The second-order valence-corrected chi connectivity index (χ2v) is 7.22. The third-order valence-electron chi connectivity index (χ3n) is 5.24. The van der Waals surface area contributed by atoms with E-state index in [-0.39, 0.29) is 11.8 Å². The van der Waals surface area contributed by atoms with Crippen LogP contribution in [0.1, 0.15) is 44.1 Å². The fraction of sp³-hybridized carbons (Fsp3) is 0.524. The van der Waals surface area contributed by atoms with Gasteiger partial charge in [-0.1, -0.05) is 19.4 Å². The maximum Gasteiger partial charge on any atom is 0.228 e. The lowest BCUT2D eigenvalue weighted by Crippen LogP contribution is -2.30. The highest BCUT2D eigenvalue weighted by Crippen LogP contribution is 2.37. The molecule has 0 spiro atoms. The number of anilines is 2. The number of hydrogen-bond donors (Lipinski definition) is 2. The van der Waals surface area contributed by atoms with Gasteiger partial charge in [0.2, 0.25) is 5.91 Å². The number of hydrogen-bond acceptors (Lipinski definition) is 4. The Labute approximate surface area is 156 Å². The Balaban J connectivity index is 1.92. The molecule has 0 aromatic heterocycles. The molecule has 3 rings (SSSR count). The molecular formula is C21H30N4O. The third-order valence-corrected chi connectivity index (χ3v) is 5.24. The molecule has 140 valence electrons. The minimum atomic E-state index is 0.0518. The lowest BCUT2D eigenvalue weighted by molar-refractivity contribution is -0.120. The Morgan fingerprint density at radius 1 is 1.23 bits per heavy atom. The summed E-state index contributed by atoms with van der Waals surface area (Å²) in [5.41, 5.74) is 4.21. The molecule has 1 aliphatic carbocycles. The lowest BCUT2D eigenvalue weighted by atomic mass is 10.1. The molecule has 0 atom stereocenters. The molecule has 2 fully saturated rings. The highest BCUT2D eigenvalue weighted by Gasteiger charge is 2.30. The van der Waals surface area contributed by atoms with Crippen LogP contribution < -0.4 is 15.5 Å². The summed E-state index contributed by atoms with van der Waals surface area (Å²) < 4.78 is 0. The van der Waals surface area contributed by atoms with Crippen molar-refractivity contribution in [2.75, 3.05) is 30.4 Å². The van der Waals surface area contributed by atoms with Gasteiger partial charge in [-0.25, -0.2) is 4.99 Å². The van der Waals surface area contributed by atoms with E-state index < -0.39 is 0 Å². The molecule has 1 aromatic rings.